The smallest absolute Gasteiger partial charge is 0.337 e. The zero-order chi connectivity index (χ0) is 14.8. The molecular formula is C16H11ClN2O2. The van der Waals surface area contributed by atoms with Crippen LogP contribution in [0.3, 0.4) is 0 Å². The highest BCUT2D eigenvalue weighted by molar-refractivity contribution is 6.32. The van der Waals surface area contributed by atoms with Gasteiger partial charge >= 0.3 is 5.97 Å². The second-order valence-electron chi connectivity index (χ2n) is 4.42. The van der Waals surface area contributed by atoms with Crippen LogP contribution in [0.15, 0.2) is 48.5 Å². The molecule has 104 valence electrons. The number of methoxy groups -OCH3 is 1. The molecule has 0 bridgehead atoms. The largest absolute Gasteiger partial charge is 0.465 e. The highest BCUT2D eigenvalue weighted by Crippen LogP contribution is 2.26. The normalized spacial score (nSPS) is 10.6. The Balaban J connectivity index is 2.19. The first-order chi connectivity index (χ1) is 10.2. The number of halogens is 1. The molecule has 0 spiro atoms. The maximum Gasteiger partial charge on any atom is 0.337 e. The standard InChI is InChI=1S/C16H11ClN2O2/c1-21-16(20)11-7-8-12-13(9-11)18-14(15(17)19-12)10-5-3-2-4-6-10/h2-9H,1H3. The molecule has 4 nitrogen and oxygen atoms in total. The predicted octanol–water partition coefficient (Wildman–Crippen LogP) is 3.74. The summed E-state index contributed by atoms with van der Waals surface area (Å²) in [5.41, 5.74) is 3.13. The van der Waals surface area contributed by atoms with Crippen molar-refractivity contribution in [2.45, 2.75) is 0 Å². The minimum atomic E-state index is -0.407. The number of carbonyl (C=O) groups excluding carboxylic acids is 1. The molecule has 3 aromatic rings. The van der Waals surface area contributed by atoms with E-state index in [-0.39, 0.29) is 0 Å². The molecule has 0 aliphatic rings. The Morgan fingerprint density at radius 3 is 2.52 bits per heavy atom. The third kappa shape index (κ3) is 2.58. The van der Waals surface area contributed by atoms with Gasteiger partial charge in [0.05, 0.1) is 23.7 Å². The zero-order valence-electron chi connectivity index (χ0n) is 11.2. The predicted molar refractivity (Wildman–Crippen MR) is 81.3 cm³/mol. The van der Waals surface area contributed by atoms with E-state index in [0.29, 0.717) is 27.4 Å². The van der Waals surface area contributed by atoms with Gasteiger partial charge < -0.3 is 4.74 Å². The van der Waals surface area contributed by atoms with Crippen LogP contribution in [0.4, 0.5) is 0 Å². The fraction of sp³-hybridized carbons (Fsp3) is 0.0625. The Labute approximate surface area is 126 Å². The van der Waals surface area contributed by atoms with E-state index in [1.807, 2.05) is 30.3 Å². The number of hydrogen-bond donors (Lipinski definition) is 0. The second kappa shape index (κ2) is 5.50. The number of esters is 1. The fourth-order valence-electron chi connectivity index (χ4n) is 2.06. The lowest BCUT2D eigenvalue weighted by molar-refractivity contribution is 0.0601. The van der Waals surface area contributed by atoms with Crippen LogP contribution in [0, 0.1) is 0 Å². The number of hydrogen-bond acceptors (Lipinski definition) is 4. The van der Waals surface area contributed by atoms with Crippen molar-refractivity contribution in [2.24, 2.45) is 0 Å². The molecule has 1 aromatic heterocycles. The maximum absolute atomic E-state index is 11.6. The first kappa shape index (κ1) is 13.5. The zero-order valence-corrected chi connectivity index (χ0v) is 12.0. The van der Waals surface area contributed by atoms with Gasteiger partial charge in [0, 0.05) is 5.56 Å². The molecule has 21 heavy (non-hydrogen) atoms. The summed E-state index contributed by atoms with van der Waals surface area (Å²) in [5.74, 6) is -0.407. The van der Waals surface area contributed by atoms with Gasteiger partial charge in [0.1, 0.15) is 5.69 Å². The van der Waals surface area contributed by atoms with E-state index < -0.39 is 5.97 Å². The van der Waals surface area contributed by atoms with Crippen LogP contribution in [0.25, 0.3) is 22.3 Å². The van der Waals surface area contributed by atoms with Gasteiger partial charge in [-0.2, -0.15) is 0 Å². The van der Waals surface area contributed by atoms with Crippen LogP contribution in [-0.2, 0) is 4.74 Å². The Kier molecular flexibility index (Phi) is 3.54. The lowest BCUT2D eigenvalue weighted by Gasteiger charge is -2.06. The lowest BCUT2D eigenvalue weighted by Crippen LogP contribution is -2.01. The molecule has 0 radical (unpaired) electrons. The van der Waals surface area contributed by atoms with E-state index in [0.717, 1.165) is 5.56 Å². The molecule has 0 fully saturated rings. The Morgan fingerprint density at radius 2 is 1.81 bits per heavy atom. The number of nitrogens with zero attached hydrogens (tertiary/aromatic N) is 2. The van der Waals surface area contributed by atoms with Crippen molar-refractivity contribution in [3.05, 3.63) is 59.2 Å². The van der Waals surface area contributed by atoms with Gasteiger partial charge in [0.15, 0.2) is 5.15 Å². The van der Waals surface area contributed by atoms with Crippen LogP contribution < -0.4 is 0 Å². The van der Waals surface area contributed by atoms with E-state index in [1.165, 1.54) is 7.11 Å². The van der Waals surface area contributed by atoms with Gasteiger partial charge in [0.25, 0.3) is 0 Å². The van der Waals surface area contributed by atoms with E-state index in [9.17, 15) is 4.79 Å². The van der Waals surface area contributed by atoms with E-state index in [2.05, 4.69) is 9.97 Å². The van der Waals surface area contributed by atoms with Crippen molar-refractivity contribution in [1.82, 2.24) is 9.97 Å². The summed E-state index contributed by atoms with van der Waals surface area (Å²) in [7, 11) is 1.34. The van der Waals surface area contributed by atoms with Crippen LogP contribution >= 0.6 is 11.6 Å². The molecule has 2 aromatic carbocycles. The Bertz CT molecular complexity index is 819. The monoisotopic (exact) mass is 298 g/mol. The number of rotatable bonds is 2. The van der Waals surface area contributed by atoms with Gasteiger partial charge in [-0.1, -0.05) is 41.9 Å². The van der Waals surface area contributed by atoms with Crippen LogP contribution in [-0.4, -0.2) is 23.0 Å². The van der Waals surface area contributed by atoms with Crippen molar-refractivity contribution >= 4 is 28.6 Å². The molecule has 0 aliphatic carbocycles. The topological polar surface area (TPSA) is 52.1 Å². The average Bonchev–Trinajstić information content (AvgIpc) is 2.54. The molecule has 0 unspecified atom stereocenters. The second-order valence-corrected chi connectivity index (χ2v) is 4.78. The van der Waals surface area contributed by atoms with Crippen LogP contribution in [0.2, 0.25) is 5.15 Å². The maximum atomic E-state index is 11.6. The molecule has 0 saturated heterocycles. The summed E-state index contributed by atoms with van der Waals surface area (Å²) in [5, 5.41) is 0.333. The van der Waals surface area contributed by atoms with Crippen LogP contribution in [0.5, 0.6) is 0 Å². The van der Waals surface area contributed by atoms with Gasteiger partial charge in [-0.05, 0) is 18.2 Å². The summed E-state index contributed by atoms with van der Waals surface area (Å²) in [4.78, 5) is 20.4. The fourth-order valence-corrected chi connectivity index (χ4v) is 2.30. The number of ether oxygens (including phenoxy) is 1. The minimum Gasteiger partial charge on any atom is -0.465 e. The number of aromatic nitrogens is 2. The highest BCUT2D eigenvalue weighted by Gasteiger charge is 2.11. The van der Waals surface area contributed by atoms with Crippen molar-refractivity contribution in [2.75, 3.05) is 7.11 Å². The molecule has 5 heteroatoms. The first-order valence-electron chi connectivity index (χ1n) is 6.30. The molecule has 0 saturated carbocycles. The van der Waals surface area contributed by atoms with Gasteiger partial charge in [-0.3, -0.25) is 0 Å². The Morgan fingerprint density at radius 1 is 1.05 bits per heavy atom. The summed E-state index contributed by atoms with van der Waals surface area (Å²) in [6, 6.07) is 14.5. The van der Waals surface area contributed by atoms with Crippen molar-refractivity contribution in [3.63, 3.8) is 0 Å². The minimum absolute atomic E-state index is 0.333. The lowest BCUT2D eigenvalue weighted by atomic mass is 10.1. The van der Waals surface area contributed by atoms with E-state index in [4.69, 9.17) is 16.3 Å². The summed E-state index contributed by atoms with van der Waals surface area (Å²) in [6.07, 6.45) is 0. The van der Waals surface area contributed by atoms with E-state index >= 15 is 0 Å². The van der Waals surface area contributed by atoms with Crippen molar-refractivity contribution < 1.29 is 9.53 Å². The quantitative estimate of drug-likeness (QED) is 0.676. The highest BCUT2D eigenvalue weighted by atomic mass is 35.5. The van der Waals surface area contributed by atoms with Crippen molar-refractivity contribution in [3.8, 4) is 11.3 Å². The average molecular weight is 299 g/mol. The van der Waals surface area contributed by atoms with Crippen LogP contribution in [0.1, 0.15) is 10.4 Å². The Hall–Kier alpha value is -2.46. The third-order valence-corrected chi connectivity index (χ3v) is 3.35. The molecule has 1 heterocycles. The summed E-state index contributed by atoms with van der Waals surface area (Å²) >= 11 is 6.20. The number of benzene rings is 2. The molecule has 0 aliphatic heterocycles. The molecule has 0 N–H and O–H groups in total. The molecular weight excluding hydrogens is 288 g/mol. The third-order valence-electron chi connectivity index (χ3n) is 3.09. The summed E-state index contributed by atoms with van der Waals surface area (Å²) < 4.78 is 4.71. The molecule has 0 amide bonds. The van der Waals surface area contributed by atoms with Crippen molar-refractivity contribution in [1.29, 1.82) is 0 Å². The SMILES string of the molecule is COC(=O)c1ccc2nc(Cl)c(-c3ccccc3)nc2c1. The van der Waals surface area contributed by atoms with Gasteiger partial charge in [-0.15, -0.1) is 0 Å². The van der Waals surface area contributed by atoms with E-state index in [1.54, 1.807) is 18.2 Å². The first-order valence-corrected chi connectivity index (χ1v) is 6.68. The van der Waals surface area contributed by atoms with Gasteiger partial charge in [0.2, 0.25) is 0 Å². The number of fused-ring (bicyclic) bond motifs is 1. The molecule has 0 atom stereocenters. The number of carbonyl (C=O) groups is 1. The molecule has 3 rings (SSSR count). The van der Waals surface area contributed by atoms with Gasteiger partial charge in [-0.25, -0.2) is 14.8 Å². The summed E-state index contributed by atoms with van der Waals surface area (Å²) in [6.45, 7) is 0.